The number of carbonyl (C=O) groups excluding carboxylic acids is 1. The summed E-state index contributed by atoms with van der Waals surface area (Å²) in [6, 6.07) is 0. The summed E-state index contributed by atoms with van der Waals surface area (Å²) in [4.78, 5) is 13.8. The van der Waals surface area contributed by atoms with Crippen LogP contribution in [0, 0.1) is 5.41 Å². The number of ether oxygens (including phenoxy) is 2. The molecule has 2 atom stereocenters. The minimum absolute atomic E-state index is 0.0200. The number of hydrogen-bond donors (Lipinski definition) is 3. The van der Waals surface area contributed by atoms with Crippen LogP contribution in [-0.2, 0) is 14.3 Å². The van der Waals surface area contributed by atoms with Crippen molar-refractivity contribution in [1.29, 1.82) is 0 Å². The third kappa shape index (κ3) is 5.57. The maximum atomic E-state index is 12.1. The van der Waals surface area contributed by atoms with Gasteiger partial charge in [0.15, 0.2) is 0 Å². The first-order valence-corrected chi connectivity index (χ1v) is 10.2. The number of thiol groups is 1. The molecule has 1 unspecified atom stereocenters. The minimum Gasteiger partial charge on any atom is -0.332 e. The quantitative estimate of drug-likeness (QED) is 0.446. The molecule has 2 saturated heterocycles. The number of carbonyl (C=O) groups is 1. The van der Waals surface area contributed by atoms with E-state index in [4.69, 9.17) is 9.47 Å². The third-order valence-electron chi connectivity index (χ3n) is 5.11. The normalized spacial score (nSPS) is 29.1. The monoisotopic (exact) mass is 373 g/mol. The van der Waals surface area contributed by atoms with Crippen molar-refractivity contribution in [3.05, 3.63) is 0 Å². The summed E-state index contributed by atoms with van der Waals surface area (Å²) in [6.45, 7) is 10.9. The highest BCUT2D eigenvalue weighted by Crippen LogP contribution is 2.41. The lowest BCUT2D eigenvalue weighted by Gasteiger charge is -2.54. The number of hydrogen-bond acceptors (Lipinski definition) is 6. The molecule has 2 heterocycles. The SMILES string of the molecule is CC(=O)N1CCCCC12OCC(C)(C)[C@H](CNCCCNCCS)O2. The van der Waals surface area contributed by atoms with E-state index in [2.05, 4.69) is 37.1 Å². The van der Waals surface area contributed by atoms with Gasteiger partial charge in [-0.15, -0.1) is 0 Å². The molecule has 0 radical (unpaired) electrons. The largest absolute Gasteiger partial charge is 0.332 e. The Morgan fingerprint density at radius 3 is 2.72 bits per heavy atom. The van der Waals surface area contributed by atoms with E-state index in [-0.39, 0.29) is 17.4 Å². The number of piperidine rings is 1. The highest BCUT2D eigenvalue weighted by molar-refractivity contribution is 7.80. The Morgan fingerprint density at radius 2 is 2.00 bits per heavy atom. The van der Waals surface area contributed by atoms with Crippen molar-refractivity contribution in [3.63, 3.8) is 0 Å². The Hall–Kier alpha value is -0.340. The van der Waals surface area contributed by atoms with Gasteiger partial charge in [0.05, 0.1) is 12.7 Å². The smallest absolute Gasteiger partial charge is 0.254 e. The molecule has 2 aliphatic rings. The zero-order chi connectivity index (χ0) is 18.3. The summed E-state index contributed by atoms with van der Waals surface area (Å²) in [7, 11) is 0. The van der Waals surface area contributed by atoms with Crippen LogP contribution < -0.4 is 10.6 Å². The van der Waals surface area contributed by atoms with Gasteiger partial charge in [0.1, 0.15) is 0 Å². The molecule has 0 saturated carbocycles. The third-order valence-corrected chi connectivity index (χ3v) is 5.33. The van der Waals surface area contributed by atoms with Gasteiger partial charge in [-0.25, -0.2) is 0 Å². The molecular formula is C18H35N3O3S. The fraction of sp³-hybridized carbons (Fsp3) is 0.944. The lowest BCUT2D eigenvalue weighted by molar-refractivity contribution is -0.386. The average Bonchev–Trinajstić information content (AvgIpc) is 2.57. The molecule has 2 aliphatic heterocycles. The van der Waals surface area contributed by atoms with Crippen LogP contribution in [0.15, 0.2) is 0 Å². The lowest BCUT2D eigenvalue weighted by Crippen LogP contribution is -2.65. The van der Waals surface area contributed by atoms with Crippen molar-refractivity contribution in [1.82, 2.24) is 15.5 Å². The maximum absolute atomic E-state index is 12.1. The summed E-state index contributed by atoms with van der Waals surface area (Å²) in [6.07, 6.45) is 3.89. The van der Waals surface area contributed by atoms with Crippen molar-refractivity contribution in [2.45, 2.75) is 58.5 Å². The van der Waals surface area contributed by atoms with Crippen LogP contribution in [0.1, 0.15) is 46.5 Å². The highest BCUT2D eigenvalue weighted by Gasteiger charge is 2.51. The number of rotatable bonds is 8. The molecule has 1 amide bonds. The molecule has 2 fully saturated rings. The second kappa shape index (κ2) is 9.55. The van der Waals surface area contributed by atoms with Crippen LogP contribution in [0.4, 0.5) is 0 Å². The molecule has 0 aromatic heterocycles. The van der Waals surface area contributed by atoms with Crippen LogP contribution in [0.2, 0.25) is 0 Å². The molecule has 6 nitrogen and oxygen atoms in total. The Bertz CT molecular complexity index is 436. The van der Waals surface area contributed by atoms with Gasteiger partial charge in [0.2, 0.25) is 5.91 Å². The van der Waals surface area contributed by atoms with Gasteiger partial charge in [0.25, 0.3) is 5.91 Å². The van der Waals surface area contributed by atoms with Gasteiger partial charge in [-0.1, -0.05) is 13.8 Å². The van der Waals surface area contributed by atoms with Crippen molar-refractivity contribution in [3.8, 4) is 0 Å². The number of nitrogens with one attached hydrogen (secondary N) is 2. The topological polar surface area (TPSA) is 62.8 Å². The van der Waals surface area contributed by atoms with E-state index < -0.39 is 5.91 Å². The lowest BCUT2D eigenvalue weighted by atomic mass is 9.85. The van der Waals surface area contributed by atoms with E-state index in [1.165, 1.54) is 0 Å². The zero-order valence-corrected chi connectivity index (χ0v) is 16.9. The molecule has 2 rings (SSSR count). The number of likely N-dealkylation sites (tertiary alicyclic amines) is 1. The minimum atomic E-state index is -0.861. The number of nitrogens with zero attached hydrogens (tertiary/aromatic N) is 1. The molecule has 0 aromatic carbocycles. The second-order valence-electron chi connectivity index (χ2n) is 7.76. The maximum Gasteiger partial charge on any atom is 0.254 e. The average molecular weight is 374 g/mol. The van der Waals surface area contributed by atoms with Gasteiger partial charge in [-0.2, -0.15) is 12.6 Å². The summed E-state index contributed by atoms with van der Waals surface area (Å²) in [5.41, 5.74) is -0.0809. The molecule has 1 spiro atoms. The van der Waals surface area contributed by atoms with E-state index in [0.29, 0.717) is 13.2 Å². The molecule has 0 bridgehead atoms. The summed E-state index contributed by atoms with van der Waals surface area (Å²) < 4.78 is 12.6. The van der Waals surface area contributed by atoms with E-state index >= 15 is 0 Å². The van der Waals surface area contributed by atoms with E-state index in [9.17, 15) is 4.79 Å². The molecule has 2 N–H and O–H groups in total. The van der Waals surface area contributed by atoms with E-state index in [1.54, 1.807) is 11.8 Å². The summed E-state index contributed by atoms with van der Waals surface area (Å²) in [5.74, 6) is 0.0353. The Kier molecular flexibility index (Phi) is 8.01. The van der Waals surface area contributed by atoms with Gasteiger partial charge in [-0.3, -0.25) is 9.69 Å². The number of amides is 1. The van der Waals surface area contributed by atoms with Gasteiger partial charge in [-0.05, 0) is 32.4 Å². The van der Waals surface area contributed by atoms with Gasteiger partial charge < -0.3 is 20.1 Å². The zero-order valence-electron chi connectivity index (χ0n) is 16.0. The van der Waals surface area contributed by atoms with E-state index in [1.807, 2.05) is 0 Å². The fourth-order valence-electron chi connectivity index (χ4n) is 3.49. The molecule has 0 aromatic rings. The first-order chi connectivity index (χ1) is 11.9. The van der Waals surface area contributed by atoms with Crippen molar-refractivity contribution in [2.24, 2.45) is 5.41 Å². The first kappa shape index (κ1) is 21.0. The molecule has 0 aliphatic carbocycles. The Labute approximate surface area is 157 Å². The second-order valence-corrected chi connectivity index (χ2v) is 8.20. The highest BCUT2D eigenvalue weighted by atomic mass is 32.1. The van der Waals surface area contributed by atoms with Crippen LogP contribution >= 0.6 is 12.6 Å². The Balaban J connectivity index is 1.88. The predicted octanol–water partition coefficient (Wildman–Crippen LogP) is 1.61. The standard InChI is InChI=1S/C18H35N3O3S/c1-15(22)21-11-5-4-7-18(21)23-14-17(2,3)16(24-18)13-20-9-6-8-19-10-12-25/h16,19-20,25H,4-14H2,1-3H3/t16-,18?/m0/s1. The summed E-state index contributed by atoms with van der Waals surface area (Å²) >= 11 is 4.19. The van der Waals surface area contributed by atoms with Crippen LogP contribution in [0.25, 0.3) is 0 Å². The first-order valence-electron chi connectivity index (χ1n) is 9.53. The molecule has 7 heteroatoms. The summed E-state index contributed by atoms with van der Waals surface area (Å²) in [5, 5.41) is 6.85. The fourth-order valence-corrected chi connectivity index (χ4v) is 3.65. The van der Waals surface area contributed by atoms with Crippen molar-refractivity contribution >= 4 is 18.5 Å². The van der Waals surface area contributed by atoms with Crippen LogP contribution in [0.3, 0.4) is 0 Å². The molecule has 25 heavy (non-hydrogen) atoms. The molecular weight excluding hydrogens is 338 g/mol. The van der Waals surface area contributed by atoms with Crippen LogP contribution in [-0.4, -0.2) is 67.9 Å². The Morgan fingerprint density at radius 1 is 1.24 bits per heavy atom. The van der Waals surface area contributed by atoms with Gasteiger partial charge in [0, 0.05) is 44.1 Å². The molecule has 146 valence electrons. The predicted molar refractivity (Wildman–Crippen MR) is 103 cm³/mol. The van der Waals surface area contributed by atoms with Crippen LogP contribution in [0.5, 0.6) is 0 Å². The van der Waals surface area contributed by atoms with E-state index in [0.717, 1.165) is 57.6 Å². The van der Waals surface area contributed by atoms with Gasteiger partial charge >= 0.3 is 0 Å². The van der Waals surface area contributed by atoms with Crippen molar-refractivity contribution < 1.29 is 14.3 Å². The van der Waals surface area contributed by atoms with Crippen molar-refractivity contribution in [2.75, 3.05) is 45.1 Å².